The first-order valence-electron chi connectivity index (χ1n) is 6.88. The second kappa shape index (κ2) is 7.13. The fourth-order valence-corrected chi connectivity index (χ4v) is 1.98. The van der Waals surface area contributed by atoms with Gasteiger partial charge in [0.15, 0.2) is 0 Å². The number of aromatic amines is 1. The maximum atomic E-state index is 13.4. The van der Waals surface area contributed by atoms with Crippen molar-refractivity contribution in [2.45, 2.75) is 19.9 Å². The molecule has 1 heterocycles. The molecule has 5 nitrogen and oxygen atoms in total. The van der Waals surface area contributed by atoms with Crippen LogP contribution in [0.2, 0.25) is 0 Å². The van der Waals surface area contributed by atoms with E-state index in [1.807, 2.05) is 18.9 Å². The van der Waals surface area contributed by atoms with Crippen molar-refractivity contribution in [2.75, 3.05) is 18.9 Å². The first-order valence-corrected chi connectivity index (χ1v) is 6.88. The molecule has 0 atom stereocenters. The molecule has 0 unspecified atom stereocenters. The first-order chi connectivity index (χ1) is 10.4. The Morgan fingerprint density at radius 2 is 2.18 bits per heavy atom. The molecule has 0 radical (unpaired) electrons. The summed E-state index contributed by atoms with van der Waals surface area (Å²) in [7, 11) is 1.86. The number of nitrogens with zero attached hydrogens (tertiary/aromatic N) is 2. The molecule has 7 heteroatoms. The molecule has 1 aromatic carbocycles. The number of anilines is 1. The van der Waals surface area contributed by atoms with Gasteiger partial charge in [-0.2, -0.15) is 0 Å². The molecule has 0 aliphatic rings. The molecule has 1 amide bonds. The van der Waals surface area contributed by atoms with Crippen molar-refractivity contribution < 1.29 is 13.6 Å². The van der Waals surface area contributed by atoms with Crippen LogP contribution >= 0.6 is 0 Å². The molecule has 0 fully saturated rings. The lowest BCUT2D eigenvalue weighted by Crippen LogP contribution is -2.24. The number of imidazole rings is 1. The van der Waals surface area contributed by atoms with Crippen LogP contribution in [0.25, 0.3) is 0 Å². The summed E-state index contributed by atoms with van der Waals surface area (Å²) in [4.78, 5) is 21.0. The molecular formula is C15H18F2N4O. The van der Waals surface area contributed by atoms with E-state index in [2.05, 4.69) is 15.3 Å². The maximum Gasteiger partial charge on any atom is 0.225 e. The normalized spacial score (nSPS) is 11.0. The zero-order valence-corrected chi connectivity index (χ0v) is 12.5. The summed E-state index contributed by atoms with van der Waals surface area (Å²) in [6.07, 6.45) is 1.91. The van der Waals surface area contributed by atoms with E-state index in [0.29, 0.717) is 13.1 Å². The summed E-state index contributed by atoms with van der Waals surface area (Å²) < 4.78 is 26.4. The topological polar surface area (TPSA) is 61.0 Å². The van der Waals surface area contributed by atoms with Gasteiger partial charge in [0.05, 0.1) is 12.2 Å². The van der Waals surface area contributed by atoms with Crippen LogP contribution in [0.4, 0.5) is 14.5 Å². The average molecular weight is 308 g/mol. The maximum absolute atomic E-state index is 13.4. The number of benzene rings is 1. The van der Waals surface area contributed by atoms with Gasteiger partial charge in [-0.3, -0.25) is 9.69 Å². The highest BCUT2D eigenvalue weighted by Crippen LogP contribution is 2.15. The van der Waals surface area contributed by atoms with Gasteiger partial charge in [-0.05, 0) is 26.1 Å². The van der Waals surface area contributed by atoms with Gasteiger partial charge < -0.3 is 10.3 Å². The van der Waals surface area contributed by atoms with E-state index in [4.69, 9.17) is 0 Å². The quantitative estimate of drug-likeness (QED) is 0.862. The van der Waals surface area contributed by atoms with Crippen molar-refractivity contribution >= 4 is 11.6 Å². The fourth-order valence-electron chi connectivity index (χ4n) is 1.98. The Morgan fingerprint density at radius 3 is 2.86 bits per heavy atom. The highest BCUT2D eigenvalue weighted by molar-refractivity contribution is 5.90. The molecule has 118 valence electrons. The van der Waals surface area contributed by atoms with Crippen molar-refractivity contribution in [3.05, 3.63) is 47.5 Å². The highest BCUT2D eigenvalue weighted by Gasteiger charge is 2.10. The van der Waals surface area contributed by atoms with Gasteiger partial charge in [-0.25, -0.2) is 13.8 Å². The lowest BCUT2D eigenvalue weighted by Gasteiger charge is -2.15. The molecule has 2 rings (SSSR count). The van der Waals surface area contributed by atoms with Crippen molar-refractivity contribution in [1.82, 2.24) is 14.9 Å². The molecule has 2 N–H and O–H groups in total. The molecule has 0 aliphatic heterocycles. The fraction of sp³-hybridized carbons (Fsp3) is 0.333. The van der Waals surface area contributed by atoms with Gasteiger partial charge in [0.25, 0.3) is 0 Å². The Balaban J connectivity index is 1.81. The number of aryl methyl sites for hydroxylation is 1. The number of carbonyl (C=O) groups is 1. The Bertz CT molecular complexity index is 657. The van der Waals surface area contributed by atoms with Crippen LogP contribution in [0.15, 0.2) is 24.4 Å². The predicted molar refractivity (Wildman–Crippen MR) is 79.3 cm³/mol. The summed E-state index contributed by atoms with van der Waals surface area (Å²) >= 11 is 0. The second-order valence-electron chi connectivity index (χ2n) is 5.17. The van der Waals surface area contributed by atoms with Crippen LogP contribution in [0, 0.1) is 18.6 Å². The Kier molecular flexibility index (Phi) is 5.21. The molecule has 22 heavy (non-hydrogen) atoms. The summed E-state index contributed by atoms with van der Waals surface area (Å²) in [5.74, 6) is -0.806. The summed E-state index contributed by atoms with van der Waals surface area (Å²) in [6.45, 7) is 2.97. The first kappa shape index (κ1) is 16.1. The molecule has 0 saturated heterocycles. The number of H-pyrrole nitrogens is 1. The third-order valence-corrected chi connectivity index (χ3v) is 3.10. The number of carbonyl (C=O) groups excluding carboxylic acids is 1. The van der Waals surface area contributed by atoms with Crippen LogP contribution in [0.3, 0.4) is 0 Å². The van der Waals surface area contributed by atoms with Crippen LogP contribution in [0.5, 0.6) is 0 Å². The van der Waals surface area contributed by atoms with Crippen LogP contribution in [-0.2, 0) is 11.3 Å². The molecular weight excluding hydrogens is 290 g/mol. The van der Waals surface area contributed by atoms with Crippen molar-refractivity contribution in [1.29, 1.82) is 0 Å². The SMILES string of the molecule is Cc1cnc(CN(C)CCC(=O)Nc2cc(F)ccc2F)[nH]1. The van der Waals surface area contributed by atoms with E-state index in [9.17, 15) is 13.6 Å². The van der Waals surface area contributed by atoms with Crippen LogP contribution in [0.1, 0.15) is 17.9 Å². The third kappa shape index (κ3) is 4.63. The van der Waals surface area contributed by atoms with Gasteiger partial charge in [0.1, 0.15) is 17.5 Å². The van der Waals surface area contributed by atoms with Crippen molar-refractivity contribution in [3.63, 3.8) is 0 Å². The number of rotatable bonds is 6. The van der Waals surface area contributed by atoms with E-state index in [0.717, 1.165) is 29.7 Å². The van der Waals surface area contributed by atoms with E-state index in [1.54, 1.807) is 6.20 Å². The molecule has 2 aromatic rings. The van der Waals surface area contributed by atoms with Crippen LogP contribution < -0.4 is 5.32 Å². The minimum atomic E-state index is -0.658. The van der Waals surface area contributed by atoms with E-state index < -0.39 is 11.6 Å². The van der Waals surface area contributed by atoms with E-state index in [1.165, 1.54) is 0 Å². The zero-order valence-electron chi connectivity index (χ0n) is 12.5. The number of hydrogen-bond acceptors (Lipinski definition) is 3. The monoisotopic (exact) mass is 308 g/mol. The van der Waals surface area contributed by atoms with Gasteiger partial charge >= 0.3 is 0 Å². The van der Waals surface area contributed by atoms with Gasteiger partial charge in [0, 0.05) is 30.9 Å². The number of hydrogen-bond donors (Lipinski definition) is 2. The number of halogens is 2. The second-order valence-corrected chi connectivity index (χ2v) is 5.17. The molecule has 0 saturated carbocycles. The summed E-state index contributed by atoms with van der Waals surface area (Å²) in [6, 6.07) is 2.95. The number of amides is 1. The van der Waals surface area contributed by atoms with Gasteiger partial charge in [-0.15, -0.1) is 0 Å². The molecule has 1 aromatic heterocycles. The summed E-state index contributed by atoms with van der Waals surface area (Å²) in [5, 5.41) is 2.37. The van der Waals surface area contributed by atoms with Crippen molar-refractivity contribution in [3.8, 4) is 0 Å². The Labute approximate surface area is 127 Å². The lowest BCUT2D eigenvalue weighted by molar-refractivity contribution is -0.116. The standard InChI is InChI=1S/C15H18F2N4O/c1-10-8-18-14(19-10)9-21(2)6-5-15(22)20-13-7-11(16)3-4-12(13)17/h3-4,7-8H,5-6,9H2,1-2H3,(H,18,19)(H,20,22). The molecule has 0 bridgehead atoms. The van der Waals surface area contributed by atoms with Gasteiger partial charge in [0.2, 0.25) is 5.91 Å². The third-order valence-electron chi connectivity index (χ3n) is 3.10. The Hall–Kier alpha value is -2.28. The number of nitrogens with one attached hydrogen (secondary N) is 2. The average Bonchev–Trinajstić information content (AvgIpc) is 2.86. The van der Waals surface area contributed by atoms with Crippen molar-refractivity contribution in [2.24, 2.45) is 0 Å². The largest absolute Gasteiger partial charge is 0.345 e. The highest BCUT2D eigenvalue weighted by atomic mass is 19.1. The molecule has 0 spiro atoms. The lowest BCUT2D eigenvalue weighted by atomic mass is 10.2. The summed E-state index contributed by atoms with van der Waals surface area (Å²) in [5.41, 5.74) is 0.831. The van der Waals surface area contributed by atoms with Crippen LogP contribution in [-0.4, -0.2) is 34.4 Å². The van der Waals surface area contributed by atoms with E-state index >= 15 is 0 Å². The molecule has 0 aliphatic carbocycles. The minimum Gasteiger partial charge on any atom is -0.345 e. The number of aromatic nitrogens is 2. The van der Waals surface area contributed by atoms with E-state index in [-0.39, 0.29) is 18.0 Å². The zero-order chi connectivity index (χ0) is 16.1. The van der Waals surface area contributed by atoms with Gasteiger partial charge in [-0.1, -0.05) is 0 Å². The minimum absolute atomic E-state index is 0.144. The smallest absolute Gasteiger partial charge is 0.225 e. The predicted octanol–water partition coefficient (Wildman–Crippen LogP) is 2.46. The Morgan fingerprint density at radius 1 is 1.41 bits per heavy atom.